The summed E-state index contributed by atoms with van der Waals surface area (Å²) in [7, 11) is 1.01. The lowest BCUT2D eigenvalue weighted by Crippen LogP contribution is -2.27. The highest BCUT2D eigenvalue weighted by atomic mass is 31.1. The van der Waals surface area contributed by atoms with Crippen molar-refractivity contribution in [2.24, 2.45) is 0 Å². The quantitative estimate of drug-likeness (QED) is 0.0728. The fourth-order valence-corrected chi connectivity index (χ4v) is 9.24. The molecule has 5 heterocycles. The molecule has 0 spiro atoms. The van der Waals surface area contributed by atoms with E-state index in [0.29, 0.717) is 52.9 Å². The third-order valence-electron chi connectivity index (χ3n) is 11.4. The van der Waals surface area contributed by atoms with Crippen molar-refractivity contribution in [2.45, 2.75) is 90.9 Å². The van der Waals surface area contributed by atoms with Crippen LogP contribution in [0.1, 0.15) is 131 Å². The number of aryl methyl sites for hydroxylation is 2. The van der Waals surface area contributed by atoms with Crippen molar-refractivity contribution in [1.29, 1.82) is 0 Å². The summed E-state index contributed by atoms with van der Waals surface area (Å²) in [6.07, 6.45) is 3.29. The van der Waals surface area contributed by atoms with E-state index < -0.39 is 5.97 Å². The van der Waals surface area contributed by atoms with Crippen LogP contribution in [0.4, 0.5) is 0 Å². The monoisotopic (exact) mass is 802 g/mol. The fourth-order valence-electron chi connectivity index (χ4n) is 8.12. The van der Waals surface area contributed by atoms with Crippen molar-refractivity contribution < 1.29 is 23.9 Å². The second-order valence-corrected chi connectivity index (χ2v) is 21.1. The van der Waals surface area contributed by atoms with Crippen molar-refractivity contribution >= 4 is 61.5 Å². The number of carbonyl (C=O) groups is 4. The van der Waals surface area contributed by atoms with Gasteiger partial charge in [0, 0.05) is 82.4 Å². The number of amides is 2. The Balaban J connectivity index is 1.89. The number of aromatic amines is 2. The molecule has 2 aliphatic heterocycles. The number of nitrogens with one attached hydrogen (secondary N) is 4. The number of ether oxygens (including phenoxy) is 1. The number of rotatable bonds is 14. The molecule has 0 aromatic carbocycles. The highest BCUT2D eigenvalue weighted by Crippen LogP contribution is 2.44. The van der Waals surface area contributed by atoms with E-state index in [0.717, 1.165) is 58.0 Å². The molecule has 0 saturated carbocycles. The van der Waals surface area contributed by atoms with Crippen molar-refractivity contribution in [1.82, 2.24) is 30.6 Å². The first kappa shape index (κ1) is 43.2. The Morgan fingerprint density at radius 3 is 1.98 bits per heavy atom. The second kappa shape index (κ2) is 18.5. The number of nitrogens with zero attached hydrogens (tertiary/aromatic N) is 2. The van der Waals surface area contributed by atoms with Crippen LogP contribution in [0.2, 0.25) is 0 Å². The molecular weight excluding hydrogens is 742 g/mol. The number of H-pyrrole nitrogens is 2. The number of Topliss-reactive ketones (excluding diaryl/α,β-unsaturated/α-hetero) is 1. The number of hydrogen-bond acceptors (Lipinski definition) is 7. The van der Waals surface area contributed by atoms with E-state index in [-0.39, 0.29) is 70.0 Å². The predicted octanol–water partition coefficient (Wildman–Crippen LogP) is 8.14. The lowest BCUT2D eigenvalue weighted by Gasteiger charge is -2.18. The van der Waals surface area contributed by atoms with Gasteiger partial charge in [-0.05, 0) is 102 Å². The summed E-state index contributed by atoms with van der Waals surface area (Å²) in [5, 5.41) is 6.25. The van der Waals surface area contributed by atoms with Gasteiger partial charge in [-0.2, -0.15) is 0 Å². The zero-order valence-corrected chi connectivity index (χ0v) is 36.8. The molecule has 0 radical (unpaired) electrons. The SMILES string of the molecule is CC[C@H]1c2cc3[nH]c(c(CC(=O)OC)c4nc(cc5[nH]c(cc(n2)[C@@H]1C)c(C(C)=O)c5C)[C@@H](C)[C@@H]4CCC(=O)NCCP(C)C)c(C(=O)NCCP(C)C)c3C. The number of aromatic nitrogens is 4. The molecule has 56 heavy (non-hydrogen) atoms. The van der Waals surface area contributed by atoms with Gasteiger partial charge in [-0.25, -0.2) is 0 Å². The largest absolute Gasteiger partial charge is 0.469 e. The number of ketones is 1. The molecule has 4 N–H and O–H groups in total. The third-order valence-corrected chi connectivity index (χ3v) is 13.7. The summed E-state index contributed by atoms with van der Waals surface area (Å²) in [5.74, 6) is -1.01. The molecule has 11 nitrogen and oxygen atoms in total. The number of carbonyl (C=O) groups excluding carboxylic acids is 4. The van der Waals surface area contributed by atoms with Crippen LogP contribution in [0.25, 0.3) is 22.1 Å². The second-order valence-electron chi connectivity index (χ2n) is 15.9. The molecule has 0 saturated heterocycles. The highest BCUT2D eigenvalue weighted by molar-refractivity contribution is 7.56. The average Bonchev–Trinajstić information content (AvgIpc) is 3.82. The summed E-state index contributed by atoms with van der Waals surface area (Å²) in [5.41, 5.74) is 9.07. The van der Waals surface area contributed by atoms with Gasteiger partial charge in [-0.15, -0.1) is 15.8 Å². The minimum absolute atomic E-state index is 0.0299. The normalized spacial score (nSPS) is 18.0. The Hall–Kier alpha value is -3.94. The van der Waals surface area contributed by atoms with Gasteiger partial charge in [0.25, 0.3) is 5.91 Å². The summed E-state index contributed by atoms with van der Waals surface area (Å²) in [6.45, 7) is 21.8. The van der Waals surface area contributed by atoms with Gasteiger partial charge in [0.05, 0.1) is 35.8 Å². The van der Waals surface area contributed by atoms with Crippen LogP contribution in [0, 0.1) is 13.8 Å². The molecule has 8 bridgehead atoms. The first-order valence-electron chi connectivity index (χ1n) is 19.7. The first-order chi connectivity index (χ1) is 26.6. The topological polar surface area (TPSA) is 159 Å². The van der Waals surface area contributed by atoms with E-state index in [2.05, 4.69) is 68.0 Å². The maximum atomic E-state index is 14.3. The maximum Gasteiger partial charge on any atom is 0.310 e. The molecule has 2 aliphatic rings. The minimum atomic E-state index is -0.466. The van der Waals surface area contributed by atoms with Crippen LogP contribution < -0.4 is 10.6 Å². The van der Waals surface area contributed by atoms with Crippen LogP contribution in [0.3, 0.4) is 0 Å². The molecule has 0 fully saturated rings. The Labute approximate surface area is 333 Å². The minimum Gasteiger partial charge on any atom is -0.469 e. The standard InChI is InChI=1S/C43H60N6O5P2/c1-12-28-23(2)31-22-36-39(27(6)50)25(4)33(47-36)20-32-24(3)29(13-14-37(51)44-15-17-55(8)9)41(48-32)30(19-38(52)54-7)42-40(43(53)45-16-18-56(10)11)26(5)34(49-42)21-35(28)46-31/h20-24,28-29,47,49H,12-19H2,1-11H3,(H,44,51)(H,45,53)/t23-,24+,28-,29+/m1/s1. The molecule has 3 aromatic heterocycles. The number of esters is 1. The molecule has 302 valence electrons. The van der Waals surface area contributed by atoms with E-state index in [1.165, 1.54) is 7.11 Å². The Kier molecular flexibility index (Phi) is 14.3. The summed E-state index contributed by atoms with van der Waals surface area (Å²) < 4.78 is 5.27. The molecule has 0 aliphatic carbocycles. The van der Waals surface area contributed by atoms with Gasteiger partial charge in [-0.3, -0.25) is 29.1 Å². The zero-order valence-electron chi connectivity index (χ0n) is 35.0. The van der Waals surface area contributed by atoms with Crippen LogP contribution in [0.15, 0.2) is 18.2 Å². The highest BCUT2D eigenvalue weighted by Gasteiger charge is 2.34. The van der Waals surface area contributed by atoms with E-state index in [4.69, 9.17) is 14.7 Å². The van der Waals surface area contributed by atoms with E-state index >= 15 is 0 Å². The summed E-state index contributed by atoms with van der Waals surface area (Å²) in [6, 6.07) is 6.02. The lowest BCUT2D eigenvalue weighted by atomic mass is 9.85. The maximum absolute atomic E-state index is 14.3. The number of fused-ring (bicyclic) bond motifs is 8. The Morgan fingerprint density at radius 2 is 1.36 bits per heavy atom. The molecule has 13 heteroatoms. The number of hydrogen-bond donors (Lipinski definition) is 4. The molecular formula is C43H60N6O5P2. The van der Waals surface area contributed by atoms with Gasteiger partial charge >= 0.3 is 5.97 Å². The van der Waals surface area contributed by atoms with Crippen molar-refractivity contribution in [3.05, 3.63) is 68.8 Å². The summed E-state index contributed by atoms with van der Waals surface area (Å²) in [4.78, 5) is 71.6. The van der Waals surface area contributed by atoms with Crippen molar-refractivity contribution in [2.75, 3.05) is 59.2 Å². The van der Waals surface area contributed by atoms with Crippen LogP contribution >= 0.6 is 15.8 Å². The summed E-state index contributed by atoms with van der Waals surface area (Å²) >= 11 is 0. The zero-order chi connectivity index (χ0) is 41.0. The van der Waals surface area contributed by atoms with Crippen LogP contribution in [-0.4, -0.2) is 103 Å². The van der Waals surface area contributed by atoms with Gasteiger partial charge in [0.1, 0.15) is 0 Å². The fraction of sp³-hybridized carbons (Fsp3) is 0.535. The first-order valence-corrected chi connectivity index (χ1v) is 24.6. The third kappa shape index (κ3) is 9.43. The Bertz CT molecular complexity index is 2160. The van der Waals surface area contributed by atoms with Crippen molar-refractivity contribution in [3.63, 3.8) is 0 Å². The molecule has 2 amide bonds. The Morgan fingerprint density at radius 1 is 0.786 bits per heavy atom. The van der Waals surface area contributed by atoms with Crippen LogP contribution in [-0.2, 0) is 20.7 Å². The number of methoxy groups -OCH3 is 1. The molecule has 4 atom stereocenters. The van der Waals surface area contributed by atoms with Gasteiger partial charge in [0.2, 0.25) is 5.91 Å². The van der Waals surface area contributed by atoms with E-state index in [1.54, 1.807) is 6.92 Å². The van der Waals surface area contributed by atoms with Crippen molar-refractivity contribution in [3.8, 4) is 0 Å². The van der Waals surface area contributed by atoms with E-state index in [1.807, 2.05) is 32.0 Å². The average molecular weight is 803 g/mol. The lowest BCUT2D eigenvalue weighted by molar-refractivity contribution is -0.139. The van der Waals surface area contributed by atoms with E-state index in [9.17, 15) is 19.2 Å². The van der Waals surface area contributed by atoms with Gasteiger partial charge in [0.15, 0.2) is 5.78 Å². The predicted molar refractivity (Wildman–Crippen MR) is 231 cm³/mol. The smallest absolute Gasteiger partial charge is 0.310 e. The molecule has 0 unspecified atom stereocenters. The van der Waals surface area contributed by atoms with Gasteiger partial charge < -0.3 is 25.3 Å². The molecule has 3 aromatic rings. The molecule has 5 rings (SSSR count). The van der Waals surface area contributed by atoms with Gasteiger partial charge in [-0.1, -0.05) is 20.8 Å². The van der Waals surface area contributed by atoms with Crippen LogP contribution in [0.5, 0.6) is 0 Å².